The van der Waals surface area contributed by atoms with E-state index in [4.69, 9.17) is 21.7 Å². The van der Waals surface area contributed by atoms with E-state index in [1.54, 1.807) is 32.4 Å². The van der Waals surface area contributed by atoms with Gasteiger partial charge in [0, 0.05) is 25.2 Å². The van der Waals surface area contributed by atoms with Crippen LogP contribution in [0.25, 0.3) is 0 Å². The lowest BCUT2D eigenvalue weighted by Gasteiger charge is -2.22. The third kappa shape index (κ3) is 4.32. The van der Waals surface area contributed by atoms with Crippen LogP contribution in [0.1, 0.15) is 5.56 Å². The molecule has 0 amide bonds. The fourth-order valence-electron chi connectivity index (χ4n) is 2.08. The summed E-state index contributed by atoms with van der Waals surface area (Å²) in [7, 11) is 5.04. The second-order valence-corrected chi connectivity index (χ2v) is 5.33. The van der Waals surface area contributed by atoms with Gasteiger partial charge in [-0.05, 0) is 36.5 Å². The summed E-state index contributed by atoms with van der Waals surface area (Å²) in [5.74, 6) is 1.09. The fourth-order valence-corrected chi connectivity index (χ4v) is 2.26. The molecule has 0 radical (unpaired) electrons. The Balaban J connectivity index is 2.08. The Morgan fingerprint density at radius 3 is 2.57 bits per heavy atom. The molecule has 0 saturated heterocycles. The number of nitrogens with zero attached hydrogens (tertiary/aromatic N) is 1. The highest BCUT2D eigenvalue weighted by atomic mass is 32.1. The Kier molecular flexibility index (Phi) is 5.76. The minimum absolute atomic E-state index is 0.342. The van der Waals surface area contributed by atoms with Gasteiger partial charge >= 0.3 is 0 Å². The first-order valence-corrected chi connectivity index (χ1v) is 7.43. The van der Waals surface area contributed by atoms with Crippen molar-refractivity contribution in [3.63, 3.8) is 0 Å². The molecule has 0 aliphatic heterocycles. The summed E-state index contributed by atoms with van der Waals surface area (Å²) in [5.41, 5.74) is 1.31. The first kappa shape index (κ1) is 17.0. The fraction of sp³-hybridized carbons (Fsp3) is 0.235. The molecule has 4 nitrogen and oxygen atoms in total. The van der Waals surface area contributed by atoms with E-state index in [0.29, 0.717) is 23.1 Å². The minimum Gasteiger partial charge on any atom is -0.497 e. The van der Waals surface area contributed by atoms with E-state index in [9.17, 15) is 4.39 Å². The molecular formula is C17H19FN2O2S. The Labute approximate surface area is 140 Å². The molecule has 1 N–H and O–H groups in total. The van der Waals surface area contributed by atoms with Crippen molar-refractivity contribution in [1.29, 1.82) is 0 Å². The van der Waals surface area contributed by atoms with Gasteiger partial charge < -0.3 is 19.7 Å². The van der Waals surface area contributed by atoms with E-state index >= 15 is 0 Å². The highest BCUT2D eigenvalue weighted by molar-refractivity contribution is 7.80. The van der Waals surface area contributed by atoms with Crippen LogP contribution in [0.2, 0.25) is 0 Å². The molecule has 0 aliphatic carbocycles. The van der Waals surface area contributed by atoms with Crippen molar-refractivity contribution in [1.82, 2.24) is 4.90 Å². The molecule has 0 aromatic heterocycles. The predicted molar refractivity (Wildman–Crippen MR) is 93.6 cm³/mol. The molecule has 0 spiro atoms. The molecule has 122 valence electrons. The molecule has 0 unspecified atom stereocenters. The summed E-state index contributed by atoms with van der Waals surface area (Å²) < 4.78 is 24.2. The maximum atomic E-state index is 13.7. The average molecular weight is 334 g/mol. The zero-order valence-corrected chi connectivity index (χ0v) is 14.1. The largest absolute Gasteiger partial charge is 0.497 e. The monoisotopic (exact) mass is 334 g/mol. The maximum absolute atomic E-state index is 13.7. The minimum atomic E-state index is -0.342. The van der Waals surface area contributed by atoms with Crippen LogP contribution in [-0.2, 0) is 6.54 Å². The quantitative estimate of drug-likeness (QED) is 0.844. The van der Waals surface area contributed by atoms with Gasteiger partial charge in [0.05, 0.1) is 19.9 Å². The number of methoxy groups -OCH3 is 2. The molecule has 0 fully saturated rings. The van der Waals surface area contributed by atoms with Crippen molar-refractivity contribution >= 4 is 23.0 Å². The molecule has 2 aromatic carbocycles. The van der Waals surface area contributed by atoms with Crippen LogP contribution in [0.4, 0.5) is 10.1 Å². The number of para-hydroxylation sites is 1. The van der Waals surface area contributed by atoms with Gasteiger partial charge in [0.1, 0.15) is 17.3 Å². The van der Waals surface area contributed by atoms with Crippen molar-refractivity contribution in [2.45, 2.75) is 6.54 Å². The number of hydrogen-bond acceptors (Lipinski definition) is 3. The smallest absolute Gasteiger partial charge is 0.173 e. The summed E-state index contributed by atoms with van der Waals surface area (Å²) in [4.78, 5) is 1.81. The highest BCUT2D eigenvalue weighted by Crippen LogP contribution is 2.25. The Morgan fingerprint density at radius 1 is 1.17 bits per heavy atom. The van der Waals surface area contributed by atoms with Crippen LogP contribution in [0.3, 0.4) is 0 Å². The third-order valence-corrected chi connectivity index (χ3v) is 3.78. The van der Waals surface area contributed by atoms with Crippen LogP contribution in [0.5, 0.6) is 11.5 Å². The second kappa shape index (κ2) is 7.78. The molecule has 0 saturated carbocycles. The van der Waals surface area contributed by atoms with Gasteiger partial charge in [-0.2, -0.15) is 0 Å². The third-order valence-electron chi connectivity index (χ3n) is 3.36. The van der Waals surface area contributed by atoms with Gasteiger partial charge in [0.2, 0.25) is 0 Å². The molecule has 0 atom stereocenters. The standard InChI is InChI=1S/C17H19FN2O2S/c1-20(17(23)19-15-7-5-4-6-14(15)18)11-12-8-9-13(21-2)10-16(12)22-3/h4-10H,11H2,1-3H3,(H,19,23). The van der Waals surface area contributed by atoms with Crippen LogP contribution < -0.4 is 14.8 Å². The summed E-state index contributed by atoms with van der Waals surface area (Å²) in [6.07, 6.45) is 0. The Bertz CT molecular complexity index is 694. The van der Waals surface area contributed by atoms with Crippen LogP contribution in [0.15, 0.2) is 42.5 Å². The number of benzene rings is 2. The first-order valence-electron chi connectivity index (χ1n) is 7.02. The number of halogens is 1. The molecule has 23 heavy (non-hydrogen) atoms. The molecule has 0 bridgehead atoms. The van der Waals surface area contributed by atoms with E-state index in [2.05, 4.69) is 5.32 Å². The Morgan fingerprint density at radius 2 is 1.91 bits per heavy atom. The Hall–Kier alpha value is -2.34. The van der Waals surface area contributed by atoms with Gasteiger partial charge in [-0.1, -0.05) is 12.1 Å². The van der Waals surface area contributed by atoms with Gasteiger partial charge in [-0.15, -0.1) is 0 Å². The lowest BCUT2D eigenvalue weighted by molar-refractivity contribution is 0.384. The average Bonchev–Trinajstić information content (AvgIpc) is 2.57. The van der Waals surface area contributed by atoms with Crippen LogP contribution >= 0.6 is 12.2 Å². The number of thiocarbonyl (C=S) groups is 1. The number of nitrogens with one attached hydrogen (secondary N) is 1. The maximum Gasteiger partial charge on any atom is 0.173 e. The summed E-state index contributed by atoms with van der Waals surface area (Å²) in [6, 6.07) is 12.0. The van der Waals surface area contributed by atoms with Crippen molar-refractivity contribution in [3.8, 4) is 11.5 Å². The van der Waals surface area contributed by atoms with Gasteiger partial charge in [-0.25, -0.2) is 4.39 Å². The van der Waals surface area contributed by atoms with Crippen molar-refractivity contribution in [3.05, 3.63) is 53.8 Å². The van der Waals surface area contributed by atoms with E-state index in [1.165, 1.54) is 6.07 Å². The number of ether oxygens (including phenoxy) is 2. The lowest BCUT2D eigenvalue weighted by atomic mass is 10.2. The summed E-state index contributed by atoms with van der Waals surface area (Å²) >= 11 is 5.33. The van der Waals surface area contributed by atoms with E-state index in [-0.39, 0.29) is 5.82 Å². The first-order chi connectivity index (χ1) is 11.0. The predicted octanol–water partition coefficient (Wildman–Crippen LogP) is 3.67. The molecule has 2 aromatic rings. The van der Waals surface area contributed by atoms with Gasteiger partial charge in [0.25, 0.3) is 0 Å². The van der Waals surface area contributed by atoms with Gasteiger partial charge in [0.15, 0.2) is 5.11 Å². The number of rotatable bonds is 5. The summed E-state index contributed by atoms with van der Waals surface area (Å²) in [5, 5.41) is 3.33. The number of hydrogen-bond donors (Lipinski definition) is 1. The van der Waals surface area contributed by atoms with Crippen molar-refractivity contribution in [2.24, 2.45) is 0 Å². The molecule has 0 aliphatic rings. The van der Waals surface area contributed by atoms with Crippen molar-refractivity contribution in [2.75, 3.05) is 26.6 Å². The highest BCUT2D eigenvalue weighted by Gasteiger charge is 2.11. The van der Waals surface area contributed by atoms with E-state index in [1.807, 2.05) is 30.1 Å². The van der Waals surface area contributed by atoms with E-state index < -0.39 is 0 Å². The molecule has 6 heteroatoms. The van der Waals surface area contributed by atoms with Gasteiger partial charge in [-0.3, -0.25) is 0 Å². The van der Waals surface area contributed by atoms with E-state index in [0.717, 1.165) is 11.3 Å². The zero-order valence-electron chi connectivity index (χ0n) is 13.3. The lowest BCUT2D eigenvalue weighted by Crippen LogP contribution is -2.31. The topological polar surface area (TPSA) is 33.7 Å². The molecular weight excluding hydrogens is 315 g/mol. The normalized spacial score (nSPS) is 10.1. The molecule has 0 heterocycles. The molecule has 2 rings (SSSR count). The second-order valence-electron chi connectivity index (χ2n) is 4.94. The number of anilines is 1. The van der Waals surface area contributed by atoms with Crippen molar-refractivity contribution < 1.29 is 13.9 Å². The summed E-state index contributed by atoms with van der Waals surface area (Å²) in [6.45, 7) is 0.521. The van der Waals surface area contributed by atoms with Crippen LogP contribution in [-0.4, -0.2) is 31.3 Å². The zero-order chi connectivity index (χ0) is 16.8. The SMILES string of the molecule is COc1ccc(CN(C)C(=S)Nc2ccccc2F)c(OC)c1. The van der Waals surface area contributed by atoms with Crippen LogP contribution in [0, 0.1) is 5.82 Å².